The van der Waals surface area contributed by atoms with Gasteiger partial charge in [-0.15, -0.1) is 0 Å². The lowest BCUT2D eigenvalue weighted by Crippen LogP contribution is -2.39. The summed E-state index contributed by atoms with van der Waals surface area (Å²) >= 11 is 0. The molecule has 0 saturated heterocycles. The normalized spacial score (nSPS) is 19.3. The lowest BCUT2D eigenvalue weighted by atomic mass is 9.79. The number of aliphatic hydroxyl groups is 1. The molecule has 35 heavy (non-hydrogen) atoms. The Morgan fingerprint density at radius 2 is 1.89 bits per heavy atom. The highest BCUT2D eigenvalue weighted by Crippen LogP contribution is 2.30. The molecule has 4 rings (SSSR count). The van der Waals surface area contributed by atoms with Crippen LogP contribution in [-0.4, -0.2) is 35.8 Å². The van der Waals surface area contributed by atoms with Gasteiger partial charge in [0.2, 0.25) is 5.88 Å². The molecule has 4 N–H and O–H groups in total. The number of aliphatic hydroxyl groups excluding tert-OH is 1. The summed E-state index contributed by atoms with van der Waals surface area (Å²) in [4.78, 5) is 4.64. The summed E-state index contributed by atoms with van der Waals surface area (Å²) in [5.41, 5.74) is 9.67. The minimum Gasteiger partial charge on any atom is -0.481 e. The summed E-state index contributed by atoms with van der Waals surface area (Å²) in [6.45, 7) is 0.564. The molecule has 5 nitrogen and oxygen atoms in total. The number of ether oxygens (including phenoxy) is 1. The summed E-state index contributed by atoms with van der Waals surface area (Å²) in [5.74, 6) is 0.0943. The number of nitrogens with two attached hydrogens (primary N) is 1. The van der Waals surface area contributed by atoms with E-state index in [0.717, 1.165) is 59.8 Å². The smallest absolute Gasteiger partial charge is 0.213 e. The van der Waals surface area contributed by atoms with E-state index in [0.29, 0.717) is 30.8 Å². The third-order valence-corrected chi connectivity index (χ3v) is 7.00. The van der Waals surface area contributed by atoms with E-state index in [1.165, 1.54) is 6.07 Å². The van der Waals surface area contributed by atoms with Crippen LogP contribution < -0.4 is 15.8 Å². The van der Waals surface area contributed by atoms with Gasteiger partial charge in [0.25, 0.3) is 0 Å². The number of pyridine rings is 1. The fourth-order valence-electron chi connectivity index (χ4n) is 4.97. The van der Waals surface area contributed by atoms with Gasteiger partial charge < -0.3 is 20.9 Å². The first-order valence-corrected chi connectivity index (χ1v) is 12.2. The molecule has 1 fully saturated rings. The Hall–Kier alpha value is -2.87. The largest absolute Gasteiger partial charge is 0.481 e. The molecule has 3 aromatic rings. The van der Waals surface area contributed by atoms with E-state index in [4.69, 9.17) is 10.5 Å². The molecular weight excluding hydrogens is 448 g/mol. The van der Waals surface area contributed by atoms with Gasteiger partial charge in [0.05, 0.1) is 19.2 Å². The molecule has 1 atom stereocenters. The maximum Gasteiger partial charge on any atom is 0.213 e. The van der Waals surface area contributed by atoms with E-state index in [1.54, 1.807) is 13.2 Å². The Balaban J connectivity index is 1.31. The number of fused-ring (bicyclic) bond motifs is 1. The number of methoxy groups -OCH3 is 1. The highest BCUT2D eigenvalue weighted by Gasteiger charge is 2.26. The number of hydrogen-bond acceptors (Lipinski definition) is 5. The molecular formula is C28H33F2N3O2. The van der Waals surface area contributed by atoms with Gasteiger partial charge in [-0.25, -0.2) is 13.8 Å². The minimum atomic E-state index is -0.444. The second-order valence-corrected chi connectivity index (χ2v) is 9.25. The third kappa shape index (κ3) is 6.23. The maximum atomic E-state index is 13.7. The number of halogens is 2. The Labute approximate surface area is 205 Å². The molecule has 0 amide bonds. The van der Waals surface area contributed by atoms with Crippen molar-refractivity contribution in [2.45, 2.75) is 50.8 Å². The Bertz CT molecular complexity index is 1180. The van der Waals surface area contributed by atoms with Crippen LogP contribution in [-0.2, 0) is 13.0 Å². The second-order valence-electron chi connectivity index (χ2n) is 9.25. The van der Waals surface area contributed by atoms with Crippen LogP contribution in [0, 0.1) is 17.6 Å². The van der Waals surface area contributed by atoms with Crippen molar-refractivity contribution < 1.29 is 18.6 Å². The Morgan fingerprint density at radius 3 is 2.63 bits per heavy atom. The number of rotatable bonds is 9. The molecule has 1 aromatic heterocycles. The lowest BCUT2D eigenvalue weighted by molar-refractivity contribution is 0.261. The first kappa shape index (κ1) is 25.2. The van der Waals surface area contributed by atoms with Crippen LogP contribution >= 0.6 is 0 Å². The van der Waals surface area contributed by atoms with E-state index >= 15 is 0 Å². The molecule has 0 bridgehead atoms. The van der Waals surface area contributed by atoms with Crippen LogP contribution in [0.2, 0.25) is 0 Å². The highest BCUT2D eigenvalue weighted by molar-refractivity contribution is 5.85. The van der Waals surface area contributed by atoms with Crippen molar-refractivity contribution in [1.29, 1.82) is 0 Å². The van der Waals surface area contributed by atoms with Crippen molar-refractivity contribution in [3.05, 3.63) is 76.9 Å². The average molecular weight is 482 g/mol. The zero-order chi connectivity index (χ0) is 24.8. The van der Waals surface area contributed by atoms with Crippen LogP contribution in [0.1, 0.15) is 42.4 Å². The minimum absolute atomic E-state index is 0.0166. The number of hydrogen-bond donors (Lipinski definition) is 3. The predicted molar refractivity (Wildman–Crippen MR) is 135 cm³/mol. The number of benzene rings is 2. The van der Waals surface area contributed by atoms with Crippen molar-refractivity contribution in [2.24, 2.45) is 11.7 Å². The topological polar surface area (TPSA) is 80.4 Å². The standard InChI is InChI=1S/C28H33F2N3O2/c1-35-27-13-11-24-21(17-34)5-4-20(28(24)33-27)16-26(31)18-6-9-23(10-7-18)32-14-2-3-19-15-22(29)8-12-25(19)30/h2-5,8,11-13,15,18,23,26,32,34H,6-7,9-10,14,16-17,31H2,1H3/b3-2+/t18-,23-,26?. The lowest BCUT2D eigenvalue weighted by Gasteiger charge is -2.32. The van der Waals surface area contributed by atoms with Crippen molar-refractivity contribution >= 4 is 17.0 Å². The van der Waals surface area contributed by atoms with Crippen molar-refractivity contribution in [1.82, 2.24) is 10.3 Å². The van der Waals surface area contributed by atoms with Gasteiger partial charge in [0.1, 0.15) is 11.6 Å². The molecule has 1 aliphatic carbocycles. The Kier molecular flexibility index (Phi) is 8.44. The van der Waals surface area contributed by atoms with Gasteiger partial charge in [0, 0.05) is 35.6 Å². The van der Waals surface area contributed by atoms with Crippen molar-refractivity contribution in [3.63, 3.8) is 0 Å². The fraction of sp³-hybridized carbons (Fsp3) is 0.393. The molecule has 186 valence electrons. The number of nitrogens with zero attached hydrogens (tertiary/aromatic N) is 1. The van der Waals surface area contributed by atoms with Gasteiger partial charge in [-0.3, -0.25) is 0 Å². The van der Waals surface area contributed by atoms with E-state index in [2.05, 4.69) is 10.3 Å². The first-order chi connectivity index (χ1) is 17.0. The quantitative estimate of drug-likeness (QED) is 0.411. The van der Waals surface area contributed by atoms with E-state index in [-0.39, 0.29) is 18.2 Å². The van der Waals surface area contributed by atoms with Gasteiger partial charge in [0.15, 0.2) is 0 Å². The summed E-state index contributed by atoms with van der Waals surface area (Å²) in [6.07, 6.45) is 8.27. The molecule has 1 aliphatic rings. The summed E-state index contributed by atoms with van der Waals surface area (Å²) in [7, 11) is 1.59. The summed E-state index contributed by atoms with van der Waals surface area (Å²) in [6, 6.07) is 11.6. The van der Waals surface area contributed by atoms with Gasteiger partial charge in [-0.2, -0.15) is 0 Å². The summed E-state index contributed by atoms with van der Waals surface area (Å²) < 4.78 is 32.3. The molecule has 0 radical (unpaired) electrons. The zero-order valence-corrected chi connectivity index (χ0v) is 20.0. The van der Waals surface area contributed by atoms with Crippen LogP contribution in [0.15, 0.2) is 48.5 Å². The predicted octanol–water partition coefficient (Wildman–Crippen LogP) is 4.75. The molecule has 2 aromatic carbocycles. The number of aromatic nitrogens is 1. The van der Waals surface area contributed by atoms with Crippen molar-refractivity contribution in [3.8, 4) is 5.88 Å². The van der Waals surface area contributed by atoms with E-state index in [1.807, 2.05) is 30.3 Å². The van der Waals surface area contributed by atoms with E-state index < -0.39 is 11.6 Å². The molecule has 7 heteroatoms. The van der Waals surface area contributed by atoms with Crippen LogP contribution in [0.4, 0.5) is 8.78 Å². The molecule has 0 aliphatic heterocycles. The zero-order valence-electron chi connectivity index (χ0n) is 20.0. The first-order valence-electron chi connectivity index (χ1n) is 12.2. The highest BCUT2D eigenvalue weighted by atomic mass is 19.1. The van der Waals surface area contributed by atoms with Crippen LogP contribution in [0.25, 0.3) is 17.0 Å². The SMILES string of the molecule is COc1ccc2c(CO)ccc(CC(N)[C@H]3CC[C@H](NC/C=C/c4cc(F)ccc4F)CC3)c2n1. The molecule has 1 heterocycles. The van der Waals surface area contributed by atoms with Crippen molar-refractivity contribution in [2.75, 3.05) is 13.7 Å². The van der Waals surface area contributed by atoms with Crippen LogP contribution in [0.3, 0.4) is 0 Å². The average Bonchev–Trinajstić information content (AvgIpc) is 2.88. The molecule has 0 spiro atoms. The van der Waals surface area contributed by atoms with Crippen LogP contribution in [0.5, 0.6) is 5.88 Å². The second kappa shape index (κ2) is 11.7. The van der Waals surface area contributed by atoms with Gasteiger partial charge in [-0.05, 0) is 73.4 Å². The summed E-state index contributed by atoms with van der Waals surface area (Å²) in [5, 5.41) is 14.1. The fourth-order valence-corrected chi connectivity index (χ4v) is 4.97. The van der Waals surface area contributed by atoms with Gasteiger partial charge >= 0.3 is 0 Å². The Morgan fingerprint density at radius 1 is 1.11 bits per heavy atom. The molecule has 1 saturated carbocycles. The van der Waals surface area contributed by atoms with Gasteiger partial charge in [-0.1, -0.05) is 24.3 Å². The maximum absolute atomic E-state index is 13.7. The van der Waals surface area contributed by atoms with E-state index in [9.17, 15) is 13.9 Å². The molecule has 1 unspecified atom stereocenters. The number of nitrogens with one attached hydrogen (secondary N) is 1. The monoisotopic (exact) mass is 481 g/mol. The third-order valence-electron chi connectivity index (χ3n) is 7.00.